The molecule has 1 rings (SSSR count). The van der Waals surface area contributed by atoms with E-state index < -0.39 is 0 Å². The van der Waals surface area contributed by atoms with Crippen LogP contribution in [0.3, 0.4) is 0 Å². The molecule has 0 radical (unpaired) electrons. The number of rotatable bonds is 3. The molecular weight excluding hydrogens is 300 g/mol. The van der Waals surface area contributed by atoms with Gasteiger partial charge >= 0.3 is 19.5 Å². The normalized spacial score (nSPS) is 8.82. The molecule has 0 unspecified atom stereocenters. The Morgan fingerprint density at radius 1 is 1.09 bits per heavy atom. The maximum absolute atomic E-state index is 2.41. The molecule has 0 spiro atoms. The van der Waals surface area contributed by atoms with Gasteiger partial charge in [-0.3, -0.25) is 0 Å². The van der Waals surface area contributed by atoms with Gasteiger partial charge in [-0.15, -0.1) is 0 Å². The zero-order valence-electron chi connectivity index (χ0n) is 6.59. The van der Waals surface area contributed by atoms with E-state index in [9.17, 15) is 0 Å². The van der Waals surface area contributed by atoms with Gasteiger partial charge in [-0.25, -0.2) is 0 Å². The number of aryl methyl sites for hydroxylation is 1. The van der Waals surface area contributed by atoms with Crippen LogP contribution in [0.1, 0.15) is 12.0 Å². The van der Waals surface area contributed by atoms with Crippen molar-refractivity contribution in [2.24, 2.45) is 0 Å². The van der Waals surface area contributed by atoms with Crippen LogP contribution in [0.2, 0.25) is 0 Å². The minimum absolute atomic E-state index is 0. The largest absolute Gasteiger partial charge is 2.00 e. The minimum atomic E-state index is 0. The van der Waals surface area contributed by atoms with Gasteiger partial charge in [0, 0.05) is 0 Å². The molecule has 1 aromatic rings. The summed E-state index contributed by atoms with van der Waals surface area (Å²) in [7, 11) is 0. The predicted octanol–water partition coefficient (Wildman–Crippen LogP) is 3.05. The molecule has 0 amide bonds. The van der Waals surface area contributed by atoms with Gasteiger partial charge in [0.2, 0.25) is 0 Å². The van der Waals surface area contributed by atoms with Crippen LogP contribution < -0.4 is 0 Å². The Bertz CT molecular complexity index is 174. The van der Waals surface area contributed by atoms with Crippen LogP contribution >= 0.6 is 22.6 Å². The van der Waals surface area contributed by atoms with Gasteiger partial charge < -0.3 is 0 Å². The zero-order valence-corrected chi connectivity index (χ0v) is 11.7. The van der Waals surface area contributed by atoms with Gasteiger partial charge in [0.1, 0.15) is 0 Å². The third-order valence-electron chi connectivity index (χ3n) is 1.44. The van der Waals surface area contributed by atoms with Crippen LogP contribution in [-0.2, 0) is 25.9 Å². The molecule has 54 valence electrons. The molecule has 0 heterocycles. The standard InChI is InChI=1S/C9H11I.Zn/c10-8-4-7-9-5-2-1-3-6-9;/h1-3,5-6H,4,7-8H2;/q;+2. The van der Waals surface area contributed by atoms with E-state index in [0.717, 1.165) is 0 Å². The fourth-order valence-corrected chi connectivity index (χ4v) is 1.30. The zero-order chi connectivity index (χ0) is 7.23. The van der Waals surface area contributed by atoms with Crippen molar-refractivity contribution in [1.82, 2.24) is 0 Å². The Morgan fingerprint density at radius 2 is 1.73 bits per heavy atom. The average molecular weight is 311 g/mol. The molecular formula is C9H11IZn+2. The van der Waals surface area contributed by atoms with Gasteiger partial charge in [-0.1, -0.05) is 52.9 Å². The Morgan fingerprint density at radius 3 is 2.27 bits per heavy atom. The van der Waals surface area contributed by atoms with Crippen molar-refractivity contribution in [2.45, 2.75) is 12.8 Å². The molecule has 0 atom stereocenters. The molecule has 2 heteroatoms. The Kier molecular flexibility index (Phi) is 7.61. The summed E-state index contributed by atoms with van der Waals surface area (Å²) in [6.45, 7) is 0. The van der Waals surface area contributed by atoms with E-state index in [0.29, 0.717) is 0 Å². The van der Waals surface area contributed by atoms with E-state index in [1.54, 1.807) is 0 Å². The SMILES string of the molecule is ICCCc1ccccc1.[Zn+2]. The van der Waals surface area contributed by atoms with Crippen molar-refractivity contribution in [1.29, 1.82) is 0 Å². The third kappa shape index (κ3) is 4.92. The second-order valence-corrected chi connectivity index (χ2v) is 3.36. The third-order valence-corrected chi connectivity index (χ3v) is 2.20. The molecule has 0 N–H and O–H groups in total. The summed E-state index contributed by atoms with van der Waals surface area (Å²) in [6.07, 6.45) is 2.52. The molecule has 0 saturated carbocycles. The van der Waals surface area contributed by atoms with Crippen molar-refractivity contribution >= 4 is 22.6 Å². The second kappa shape index (κ2) is 7.23. The van der Waals surface area contributed by atoms with E-state index in [2.05, 4.69) is 52.9 Å². The Hall–Kier alpha value is 0.573. The Labute approximate surface area is 94.7 Å². The topological polar surface area (TPSA) is 0 Å². The number of hydrogen-bond donors (Lipinski definition) is 0. The maximum Gasteiger partial charge on any atom is 2.00 e. The number of hydrogen-bond acceptors (Lipinski definition) is 0. The fourth-order valence-electron chi connectivity index (χ4n) is 0.916. The van der Waals surface area contributed by atoms with Crippen molar-refractivity contribution in [2.75, 3.05) is 4.43 Å². The fraction of sp³-hybridized carbons (Fsp3) is 0.333. The summed E-state index contributed by atoms with van der Waals surface area (Å²) in [6, 6.07) is 10.6. The van der Waals surface area contributed by atoms with E-state index in [1.807, 2.05) is 0 Å². The molecule has 0 aliphatic rings. The first kappa shape index (κ1) is 11.6. The predicted molar refractivity (Wildman–Crippen MR) is 53.7 cm³/mol. The van der Waals surface area contributed by atoms with Crippen molar-refractivity contribution in [3.63, 3.8) is 0 Å². The molecule has 0 saturated heterocycles. The molecule has 1 aromatic carbocycles. The van der Waals surface area contributed by atoms with Gasteiger partial charge in [0.15, 0.2) is 0 Å². The number of halogens is 1. The summed E-state index contributed by atoms with van der Waals surface area (Å²) in [5.41, 5.74) is 1.46. The minimum Gasteiger partial charge on any atom is -0.0864 e. The van der Waals surface area contributed by atoms with Crippen LogP contribution in [0.25, 0.3) is 0 Å². The first-order valence-corrected chi connectivity index (χ1v) is 5.06. The van der Waals surface area contributed by atoms with Gasteiger partial charge in [0.25, 0.3) is 0 Å². The maximum atomic E-state index is 2.41. The summed E-state index contributed by atoms with van der Waals surface area (Å²) in [5, 5.41) is 0. The average Bonchev–Trinajstić information content (AvgIpc) is 2.03. The molecule has 11 heavy (non-hydrogen) atoms. The van der Waals surface area contributed by atoms with E-state index >= 15 is 0 Å². The summed E-state index contributed by atoms with van der Waals surface area (Å²) < 4.78 is 1.26. The van der Waals surface area contributed by atoms with Crippen LogP contribution in [0.15, 0.2) is 30.3 Å². The van der Waals surface area contributed by atoms with Gasteiger partial charge in [-0.05, 0) is 22.8 Å². The van der Waals surface area contributed by atoms with Gasteiger partial charge in [-0.2, -0.15) is 0 Å². The number of alkyl halides is 1. The van der Waals surface area contributed by atoms with Crippen molar-refractivity contribution < 1.29 is 19.5 Å². The smallest absolute Gasteiger partial charge is 0.0864 e. The first-order chi connectivity index (χ1) is 4.93. The molecule has 0 aromatic heterocycles. The van der Waals surface area contributed by atoms with E-state index in [-0.39, 0.29) is 19.5 Å². The van der Waals surface area contributed by atoms with Crippen molar-refractivity contribution in [3.05, 3.63) is 35.9 Å². The summed E-state index contributed by atoms with van der Waals surface area (Å²) >= 11 is 2.41. The summed E-state index contributed by atoms with van der Waals surface area (Å²) in [5.74, 6) is 0. The summed E-state index contributed by atoms with van der Waals surface area (Å²) in [4.78, 5) is 0. The van der Waals surface area contributed by atoms with E-state index in [1.165, 1.54) is 22.8 Å². The molecule has 0 aliphatic carbocycles. The number of benzene rings is 1. The monoisotopic (exact) mass is 310 g/mol. The van der Waals surface area contributed by atoms with Crippen LogP contribution in [-0.4, -0.2) is 4.43 Å². The van der Waals surface area contributed by atoms with Gasteiger partial charge in [0.05, 0.1) is 0 Å². The van der Waals surface area contributed by atoms with Crippen LogP contribution in [0, 0.1) is 0 Å². The molecule has 0 bridgehead atoms. The van der Waals surface area contributed by atoms with Crippen molar-refractivity contribution in [3.8, 4) is 0 Å². The van der Waals surface area contributed by atoms with Crippen LogP contribution in [0.5, 0.6) is 0 Å². The Balaban J connectivity index is 0.000001000. The van der Waals surface area contributed by atoms with Crippen LogP contribution in [0.4, 0.5) is 0 Å². The quantitative estimate of drug-likeness (QED) is 0.457. The molecule has 0 nitrogen and oxygen atoms in total. The molecule has 0 fully saturated rings. The van der Waals surface area contributed by atoms with E-state index in [4.69, 9.17) is 0 Å². The second-order valence-electron chi connectivity index (χ2n) is 2.28. The molecule has 0 aliphatic heterocycles. The first-order valence-electron chi connectivity index (χ1n) is 3.53.